The number of hydrogen-bond acceptors (Lipinski definition) is 7. The molecule has 0 bridgehead atoms. The zero-order chi connectivity index (χ0) is 25.6. The van der Waals surface area contributed by atoms with Gasteiger partial charge >= 0.3 is 0 Å². The molecule has 0 aliphatic carbocycles. The summed E-state index contributed by atoms with van der Waals surface area (Å²) in [7, 11) is 0. The molecular weight excluding hydrogens is 649 g/mol. The highest BCUT2D eigenvalue weighted by atomic mass is 123. The van der Waals surface area contributed by atoms with E-state index in [1.807, 2.05) is 65.1 Å². The smallest absolute Gasteiger partial charge is 0.149 e. The van der Waals surface area contributed by atoms with Crippen LogP contribution in [0.5, 0.6) is 11.5 Å². The molecule has 35 heavy (non-hydrogen) atoms. The van der Waals surface area contributed by atoms with Crippen molar-refractivity contribution in [2.45, 2.75) is 44.6 Å². The van der Waals surface area contributed by atoms with Gasteiger partial charge in [0.1, 0.15) is 40.6 Å². The number of aromatic nitrogens is 3. The molecule has 3 N–H and O–H groups in total. The molecule has 190 valence electrons. The van der Waals surface area contributed by atoms with E-state index in [2.05, 4.69) is 40.1 Å². The van der Waals surface area contributed by atoms with E-state index in [0.717, 1.165) is 15.6 Å². The van der Waals surface area contributed by atoms with Crippen molar-refractivity contribution in [1.82, 2.24) is 15.0 Å². The minimum atomic E-state index is -0.808. The van der Waals surface area contributed by atoms with Gasteiger partial charge in [0.2, 0.25) is 0 Å². The van der Waals surface area contributed by atoms with Crippen LogP contribution in [0.1, 0.15) is 30.7 Å². The average molecular weight is 677 g/mol. The third-order valence-corrected chi connectivity index (χ3v) is 7.42. The SMILES string of the molecule is CC(C)(c1ccc(OC[C@@H](O)Cn2nnc([123I])c2CO)cc1)c1ccc(OC[C@@H](O)CCl)c(Br)c1. The topological polar surface area (TPSA) is 110 Å². The Bertz CT molecular complexity index is 1110. The van der Waals surface area contributed by atoms with Gasteiger partial charge in [-0.25, -0.2) is 4.68 Å². The van der Waals surface area contributed by atoms with Crippen molar-refractivity contribution >= 4 is 50.1 Å². The highest BCUT2D eigenvalue weighted by Gasteiger charge is 2.24. The Kier molecular flexibility index (Phi) is 10.2. The molecule has 0 fully saturated rings. The molecule has 11 heteroatoms. The highest BCUT2D eigenvalue weighted by molar-refractivity contribution is 14.1. The van der Waals surface area contributed by atoms with Crippen LogP contribution < -0.4 is 9.47 Å². The molecule has 0 amide bonds. The lowest BCUT2D eigenvalue weighted by Gasteiger charge is -2.27. The van der Waals surface area contributed by atoms with Gasteiger partial charge in [-0.1, -0.05) is 37.3 Å². The number of ether oxygens (including phenoxy) is 2. The summed E-state index contributed by atoms with van der Waals surface area (Å²) in [6.07, 6.45) is -1.52. The quantitative estimate of drug-likeness (QED) is 0.197. The van der Waals surface area contributed by atoms with Crippen LogP contribution in [0.25, 0.3) is 0 Å². The van der Waals surface area contributed by atoms with Crippen molar-refractivity contribution in [3.63, 3.8) is 0 Å². The first-order valence-corrected chi connectivity index (χ1v) is 13.3. The van der Waals surface area contributed by atoms with Gasteiger partial charge in [-0.05, 0) is 73.9 Å². The second kappa shape index (κ2) is 12.7. The molecule has 2 aromatic carbocycles. The van der Waals surface area contributed by atoms with Gasteiger partial charge in [0.05, 0.1) is 29.2 Å². The van der Waals surface area contributed by atoms with Gasteiger partial charge in [-0.15, -0.1) is 16.7 Å². The van der Waals surface area contributed by atoms with Crippen molar-refractivity contribution in [3.05, 3.63) is 67.5 Å². The van der Waals surface area contributed by atoms with Crippen LogP contribution in [0.4, 0.5) is 0 Å². The average Bonchev–Trinajstić information content (AvgIpc) is 3.20. The molecule has 0 saturated heterocycles. The molecule has 0 aliphatic heterocycles. The lowest BCUT2D eigenvalue weighted by Crippen LogP contribution is -2.25. The number of halogens is 3. The largest absolute Gasteiger partial charge is 0.491 e. The van der Waals surface area contributed by atoms with E-state index in [4.69, 9.17) is 21.1 Å². The molecule has 2 atom stereocenters. The normalized spacial score (nSPS) is 13.5. The van der Waals surface area contributed by atoms with Crippen molar-refractivity contribution in [3.8, 4) is 11.5 Å². The fourth-order valence-corrected chi connectivity index (χ4v) is 4.55. The standard InChI is InChI=1S/C24H28BrClIN3O5/c1-24(2,16-5-8-22(20(25)9-16)35-13-17(32)10-26)15-3-6-19(7-4-15)34-14-18(33)11-30-21(12-31)23(27)28-29-30/h3-9,17-18,31-33H,10-14H2,1-2H3/t17-,18-/m0/s1/i27-4. The number of aliphatic hydroxyl groups is 3. The van der Waals surface area contributed by atoms with Gasteiger partial charge in [0.25, 0.3) is 0 Å². The fraction of sp³-hybridized carbons (Fsp3) is 0.417. The minimum absolute atomic E-state index is 0.0802. The zero-order valence-corrected chi connectivity index (χ0v) is 23.9. The maximum Gasteiger partial charge on any atom is 0.149 e. The van der Waals surface area contributed by atoms with E-state index in [0.29, 0.717) is 20.9 Å². The molecule has 1 aromatic heterocycles. The first kappa shape index (κ1) is 28.1. The molecular formula is C24H28BrClIN3O5. The van der Waals surface area contributed by atoms with Crippen LogP contribution in [-0.2, 0) is 18.6 Å². The first-order valence-electron chi connectivity index (χ1n) is 10.9. The Morgan fingerprint density at radius 2 is 1.71 bits per heavy atom. The maximum atomic E-state index is 10.3. The minimum Gasteiger partial charge on any atom is -0.491 e. The van der Waals surface area contributed by atoms with E-state index >= 15 is 0 Å². The predicted molar refractivity (Wildman–Crippen MR) is 145 cm³/mol. The summed E-state index contributed by atoms with van der Waals surface area (Å²) in [6.45, 7) is 4.45. The summed E-state index contributed by atoms with van der Waals surface area (Å²) in [4.78, 5) is 0. The third-order valence-electron chi connectivity index (χ3n) is 5.60. The van der Waals surface area contributed by atoms with Gasteiger partial charge < -0.3 is 24.8 Å². The van der Waals surface area contributed by atoms with E-state index in [1.54, 1.807) is 0 Å². The Hall–Kier alpha value is -1.44. The molecule has 8 nitrogen and oxygen atoms in total. The van der Waals surface area contributed by atoms with Crippen molar-refractivity contribution < 1.29 is 24.8 Å². The Morgan fingerprint density at radius 1 is 1.06 bits per heavy atom. The molecule has 0 radical (unpaired) electrons. The highest BCUT2D eigenvalue weighted by Crippen LogP contribution is 2.36. The summed E-state index contributed by atoms with van der Waals surface area (Å²) in [5.41, 5.74) is 2.45. The number of alkyl halides is 1. The number of benzene rings is 2. The summed E-state index contributed by atoms with van der Waals surface area (Å²) < 4.78 is 14.3. The van der Waals surface area contributed by atoms with Crippen LogP contribution >= 0.6 is 50.1 Å². The second-order valence-electron chi connectivity index (χ2n) is 8.55. The Balaban J connectivity index is 1.61. The fourth-order valence-electron chi connectivity index (χ4n) is 3.42. The number of hydrogen-bond donors (Lipinski definition) is 3. The summed E-state index contributed by atoms with van der Waals surface area (Å²) in [6, 6.07) is 13.6. The van der Waals surface area contributed by atoms with Crippen LogP contribution in [0.3, 0.4) is 0 Å². The lowest BCUT2D eigenvalue weighted by atomic mass is 9.78. The van der Waals surface area contributed by atoms with E-state index in [9.17, 15) is 15.3 Å². The second-order valence-corrected chi connectivity index (χ2v) is 10.7. The molecule has 3 rings (SSSR count). The summed E-state index contributed by atoms with van der Waals surface area (Å²) in [5.74, 6) is 1.40. The van der Waals surface area contributed by atoms with E-state index in [-0.39, 0.29) is 37.7 Å². The number of nitrogens with zero attached hydrogens (tertiary/aromatic N) is 3. The van der Waals surface area contributed by atoms with Crippen LogP contribution in [0.15, 0.2) is 46.9 Å². The van der Waals surface area contributed by atoms with Crippen LogP contribution in [0.2, 0.25) is 0 Å². The van der Waals surface area contributed by atoms with Crippen molar-refractivity contribution in [2.75, 3.05) is 19.1 Å². The predicted octanol–water partition coefficient (Wildman–Crippen LogP) is 3.88. The van der Waals surface area contributed by atoms with Crippen LogP contribution in [0, 0.1) is 3.70 Å². The van der Waals surface area contributed by atoms with E-state index < -0.39 is 12.2 Å². The Labute approximate surface area is 231 Å². The van der Waals surface area contributed by atoms with Gasteiger partial charge in [0, 0.05) is 5.41 Å². The van der Waals surface area contributed by atoms with Crippen LogP contribution in [-0.4, -0.2) is 61.6 Å². The van der Waals surface area contributed by atoms with E-state index in [1.165, 1.54) is 4.68 Å². The van der Waals surface area contributed by atoms with Gasteiger partial charge in [0.15, 0.2) is 0 Å². The Morgan fingerprint density at radius 3 is 2.34 bits per heavy atom. The third kappa shape index (κ3) is 7.30. The molecule has 0 spiro atoms. The molecule has 0 saturated carbocycles. The molecule has 3 aromatic rings. The van der Waals surface area contributed by atoms with Gasteiger partial charge in [-0.2, -0.15) is 0 Å². The number of rotatable bonds is 12. The van der Waals surface area contributed by atoms with Crippen molar-refractivity contribution in [1.29, 1.82) is 0 Å². The zero-order valence-electron chi connectivity index (χ0n) is 19.4. The monoisotopic (exact) mass is 675 g/mol. The molecule has 0 unspecified atom stereocenters. The lowest BCUT2D eigenvalue weighted by molar-refractivity contribution is 0.0866. The summed E-state index contributed by atoms with van der Waals surface area (Å²) in [5, 5.41) is 37.2. The maximum absolute atomic E-state index is 10.3. The van der Waals surface area contributed by atoms with Crippen molar-refractivity contribution in [2.24, 2.45) is 0 Å². The van der Waals surface area contributed by atoms with Gasteiger partial charge in [-0.3, -0.25) is 0 Å². The number of aliphatic hydroxyl groups excluding tert-OH is 3. The summed E-state index contributed by atoms with van der Waals surface area (Å²) >= 11 is 11.2. The first-order chi connectivity index (χ1) is 16.6. The molecule has 0 aliphatic rings. The molecule has 1 heterocycles.